The summed E-state index contributed by atoms with van der Waals surface area (Å²) in [4.78, 5) is 2.68. The van der Waals surface area contributed by atoms with Crippen LogP contribution in [0, 0.1) is 5.41 Å². The molecule has 2 atom stereocenters. The van der Waals surface area contributed by atoms with Gasteiger partial charge in [-0.05, 0) is 44.3 Å². The molecular weight excluding hydrogens is 244 g/mol. The second kappa shape index (κ2) is 6.73. The van der Waals surface area contributed by atoms with E-state index >= 15 is 0 Å². The van der Waals surface area contributed by atoms with Crippen LogP contribution in [0.1, 0.15) is 51.6 Å². The van der Waals surface area contributed by atoms with Crippen molar-refractivity contribution in [1.82, 2.24) is 10.2 Å². The van der Waals surface area contributed by atoms with Gasteiger partial charge in [0.25, 0.3) is 0 Å². The lowest BCUT2D eigenvalue weighted by atomic mass is 9.79. The number of nitrogens with zero attached hydrogens (tertiary/aromatic N) is 1. The van der Waals surface area contributed by atoms with E-state index in [-0.39, 0.29) is 5.41 Å². The molecule has 1 heterocycles. The van der Waals surface area contributed by atoms with E-state index in [4.69, 9.17) is 0 Å². The molecule has 1 aliphatic rings. The van der Waals surface area contributed by atoms with E-state index in [0.29, 0.717) is 6.04 Å². The molecule has 2 nitrogen and oxygen atoms in total. The molecule has 2 rings (SSSR count). The summed E-state index contributed by atoms with van der Waals surface area (Å²) in [6, 6.07) is 12.0. The maximum absolute atomic E-state index is 3.54. The zero-order valence-corrected chi connectivity index (χ0v) is 13.5. The number of nitrogens with one attached hydrogen (secondary N) is 1. The third kappa shape index (κ3) is 3.62. The number of benzene rings is 1. The lowest BCUT2D eigenvalue weighted by Crippen LogP contribution is -2.47. The minimum absolute atomic E-state index is 0.224. The Bertz CT molecular complexity index is 399. The Morgan fingerprint density at radius 1 is 1.25 bits per heavy atom. The first-order chi connectivity index (χ1) is 9.54. The highest BCUT2D eigenvalue weighted by molar-refractivity contribution is 5.21. The smallest absolute Gasteiger partial charge is 0.0381 e. The van der Waals surface area contributed by atoms with E-state index in [9.17, 15) is 0 Å². The van der Waals surface area contributed by atoms with E-state index in [1.54, 1.807) is 0 Å². The summed E-state index contributed by atoms with van der Waals surface area (Å²) in [6.45, 7) is 9.58. The molecule has 2 heteroatoms. The van der Waals surface area contributed by atoms with Gasteiger partial charge >= 0.3 is 0 Å². The second-order valence-electron chi connectivity index (χ2n) is 6.94. The van der Waals surface area contributed by atoms with Crippen molar-refractivity contribution < 1.29 is 0 Å². The number of piperidine rings is 1. The Morgan fingerprint density at radius 2 is 1.95 bits per heavy atom. The van der Waals surface area contributed by atoms with Crippen molar-refractivity contribution in [3.63, 3.8) is 0 Å². The predicted octanol–water partition coefficient (Wildman–Crippen LogP) is 3.85. The molecule has 0 aromatic heterocycles. The summed E-state index contributed by atoms with van der Waals surface area (Å²) in [7, 11) is 2.08. The SMILES string of the molecule is CNC(c1ccccc1)C(C)(C)CN1CCCCC1C. The van der Waals surface area contributed by atoms with Crippen molar-refractivity contribution in [2.24, 2.45) is 5.41 Å². The van der Waals surface area contributed by atoms with E-state index in [1.807, 2.05) is 0 Å². The van der Waals surface area contributed by atoms with Gasteiger partial charge in [0.2, 0.25) is 0 Å². The topological polar surface area (TPSA) is 15.3 Å². The third-order valence-electron chi connectivity index (χ3n) is 4.75. The summed E-state index contributed by atoms with van der Waals surface area (Å²) in [5.74, 6) is 0. The molecule has 0 radical (unpaired) electrons. The average Bonchev–Trinajstić information content (AvgIpc) is 2.43. The van der Waals surface area contributed by atoms with Crippen molar-refractivity contribution in [2.45, 2.75) is 52.1 Å². The normalized spacial score (nSPS) is 22.7. The zero-order valence-electron chi connectivity index (χ0n) is 13.5. The number of likely N-dealkylation sites (tertiary alicyclic amines) is 1. The Labute approximate surface area is 124 Å². The fourth-order valence-electron chi connectivity index (χ4n) is 3.66. The fourth-order valence-corrected chi connectivity index (χ4v) is 3.66. The highest BCUT2D eigenvalue weighted by Gasteiger charge is 2.33. The van der Waals surface area contributed by atoms with Gasteiger partial charge in [-0.1, -0.05) is 50.6 Å². The molecule has 1 aliphatic heterocycles. The zero-order chi connectivity index (χ0) is 14.6. The van der Waals surface area contributed by atoms with Gasteiger partial charge in [-0.2, -0.15) is 0 Å². The molecular formula is C18H30N2. The Morgan fingerprint density at radius 3 is 2.55 bits per heavy atom. The predicted molar refractivity (Wildman–Crippen MR) is 86.9 cm³/mol. The Hall–Kier alpha value is -0.860. The molecule has 0 amide bonds. The van der Waals surface area contributed by atoms with Gasteiger partial charge in [-0.15, -0.1) is 0 Å². The molecule has 1 saturated heterocycles. The molecule has 0 aliphatic carbocycles. The standard InChI is InChI=1S/C18H30N2/c1-15-10-8-9-13-20(15)14-18(2,3)17(19-4)16-11-6-5-7-12-16/h5-7,11-12,15,17,19H,8-10,13-14H2,1-4H3. The number of hydrogen-bond donors (Lipinski definition) is 1. The van der Waals surface area contributed by atoms with Crippen molar-refractivity contribution in [1.29, 1.82) is 0 Å². The van der Waals surface area contributed by atoms with Gasteiger partial charge in [-0.25, -0.2) is 0 Å². The molecule has 0 saturated carbocycles. The fraction of sp³-hybridized carbons (Fsp3) is 0.667. The van der Waals surface area contributed by atoms with Gasteiger partial charge in [0.05, 0.1) is 0 Å². The van der Waals surface area contributed by atoms with Crippen LogP contribution in [0.4, 0.5) is 0 Å². The summed E-state index contributed by atoms with van der Waals surface area (Å²) < 4.78 is 0. The van der Waals surface area contributed by atoms with Gasteiger partial charge < -0.3 is 10.2 Å². The van der Waals surface area contributed by atoms with Gasteiger partial charge in [0.15, 0.2) is 0 Å². The molecule has 1 fully saturated rings. The highest BCUT2D eigenvalue weighted by atomic mass is 15.2. The first-order valence-corrected chi connectivity index (χ1v) is 8.01. The van der Waals surface area contributed by atoms with E-state index in [2.05, 4.69) is 68.4 Å². The molecule has 2 unspecified atom stereocenters. The lowest BCUT2D eigenvalue weighted by molar-refractivity contribution is 0.0843. The first kappa shape index (κ1) is 15.5. The molecule has 0 spiro atoms. The summed E-state index contributed by atoms with van der Waals surface area (Å²) in [5.41, 5.74) is 1.62. The molecule has 112 valence electrons. The molecule has 1 aromatic carbocycles. The van der Waals surface area contributed by atoms with Crippen molar-refractivity contribution in [3.8, 4) is 0 Å². The van der Waals surface area contributed by atoms with Gasteiger partial charge in [0, 0.05) is 18.6 Å². The van der Waals surface area contributed by atoms with Crippen molar-refractivity contribution >= 4 is 0 Å². The minimum Gasteiger partial charge on any atom is -0.313 e. The first-order valence-electron chi connectivity index (χ1n) is 8.01. The van der Waals surface area contributed by atoms with Crippen LogP contribution in [0.5, 0.6) is 0 Å². The molecule has 0 bridgehead atoms. The lowest BCUT2D eigenvalue weighted by Gasteiger charge is -2.43. The summed E-state index contributed by atoms with van der Waals surface area (Å²) >= 11 is 0. The van der Waals surface area contributed by atoms with Crippen LogP contribution in [-0.2, 0) is 0 Å². The van der Waals surface area contributed by atoms with Crippen LogP contribution in [0.25, 0.3) is 0 Å². The van der Waals surface area contributed by atoms with E-state index in [1.165, 1.54) is 31.4 Å². The van der Waals surface area contributed by atoms with Gasteiger partial charge in [0.1, 0.15) is 0 Å². The summed E-state index contributed by atoms with van der Waals surface area (Å²) in [6.07, 6.45) is 4.11. The quantitative estimate of drug-likeness (QED) is 0.877. The average molecular weight is 274 g/mol. The van der Waals surface area contributed by atoms with Crippen LogP contribution in [0.3, 0.4) is 0 Å². The molecule has 1 N–H and O–H groups in total. The Kier molecular flexibility index (Phi) is 5.22. The molecule has 1 aromatic rings. The van der Waals surface area contributed by atoms with E-state index < -0.39 is 0 Å². The van der Waals surface area contributed by atoms with Crippen LogP contribution in [-0.4, -0.2) is 31.1 Å². The van der Waals surface area contributed by atoms with Crippen molar-refractivity contribution in [2.75, 3.05) is 20.1 Å². The Balaban J connectivity index is 2.10. The van der Waals surface area contributed by atoms with E-state index in [0.717, 1.165) is 12.6 Å². The van der Waals surface area contributed by atoms with Crippen LogP contribution < -0.4 is 5.32 Å². The number of rotatable bonds is 5. The maximum Gasteiger partial charge on any atom is 0.0381 e. The monoisotopic (exact) mass is 274 g/mol. The molecule has 20 heavy (non-hydrogen) atoms. The summed E-state index contributed by atoms with van der Waals surface area (Å²) in [5, 5.41) is 3.54. The van der Waals surface area contributed by atoms with Crippen LogP contribution in [0.15, 0.2) is 30.3 Å². The third-order valence-corrected chi connectivity index (χ3v) is 4.75. The van der Waals surface area contributed by atoms with Gasteiger partial charge in [-0.3, -0.25) is 0 Å². The van der Waals surface area contributed by atoms with Crippen molar-refractivity contribution in [3.05, 3.63) is 35.9 Å². The van der Waals surface area contributed by atoms with Crippen LogP contribution in [0.2, 0.25) is 0 Å². The number of hydrogen-bond acceptors (Lipinski definition) is 2. The highest BCUT2D eigenvalue weighted by Crippen LogP contribution is 2.35. The maximum atomic E-state index is 3.54. The minimum atomic E-state index is 0.224. The van der Waals surface area contributed by atoms with Crippen LogP contribution >= 0.6 is 0 Å². The second-order valence-corrected chi connectivity index (χ2v) is 6.94. The largest absolute Gasteiger partial charge is 0.313 e.